The van der Waals surface area contributed by atoms with Crippen molar-refractivity contribution in [1.82, 2.24) is 5.32 Å². The van der Waals surface area contributed by atoms with Gasteiger partial charge < -0.3 is 5.32 Å². The number of hydrogen-bond donors (Lipinski definition) is 1. The molecule has 0 spiro atoms. The van der Waals surface area contributed by atoms with Gasteiger partial charge in [0.15, 0.2) is 0 Å². The Morgan fingerprint density at radius 1 is 1.41 bits per heavy atom. The molecule has 1 unspecified atom stereocenters. The Bertz CT molecular complexity index is 514. The Hall–Kier alpha value is -1.12. The SMILES string of the molecule is C=CC(C)(CNC)Cc1csc2ccccc12. The third kappa shape index (κ3) is 2.59. The van der Waals surface area contributed by atoms with E-state index in [1.54, 1.807) is 0 Å². The summed E-state index contributed by atoms with van der Waals surface area (Å²) in [5.41, 5.74) is 1.56. The molecule has 1 aromatic carbocycles. The number of nitrogens with one attached hydrogen (secondary N) is 1. The molecule has 1 aromatic heterocycles. The van der Waals surface area contributed by atoms with E-state index in [0.29, 0.717) is 0 Å². The first kappa shape index (κ1) is 12.3. The van der Waals surface area contributed by atoms with Crippen LogP contribution in [0.3, 0.4) is 0 Å². The molecule has 1 nitrogen and oxygen atoms in total. The van der Waals surface area contributed by atoms with Crippen molar-refractivity contribution in [3.05, 3.63) is 47.9 Å². The zero-order chi connectivity index (χ0) is 12.3. The van der Waals surface area contributed by atoms with Crippen LogP contribution >= 0.6 is 11.3 Å². The molecule has 1 atom stereocenters. The van der Waals surface area contributed by atoms with Crippen LogP contribution in [0.4, 0.5) is 0 Å². The van der Waals surface area contributed by atoms with Crippen molar-refractivity contribution in [2.75, 3.05) is 13.6 Å². The standard InChI is InChI=1S/C15H19NS/c1-4-15(2,11-16-3)9-12-10-17-14-8-6-5-7-13(12)14/h4-8,10,16H,1,9,11H2,2-3H3. The zero-order valence-corrected chi connectivity index (χ0v) is 11.3. The molecule has 0 amide bonds. The van der Waals surface area contributed by atoms with Crippen molar-refractivity contribution >= 4 is 21.4 Å². The van der Waals surface area contributed by atoms with E-state index in [1.165, 1.54) is 15.6 Å². The van der Waals surface area contributed by atoms with E-state index in [0.717, 1.165) is 13.0 Å². The highest BCUT2D eigenvalue weighted by molar-refractivity contribution is 7.17. The van der Waals surface area contributed by atoms with Gasteiger partial charge in [-0.25, -0.2) is 0 Å². The van der Waals surface area contributed by atoms with Gasteiger partial charge in [0.25, 0.3) is 0 Å². The summed E-state index contributed by atoms with van der Waals surface area (Å²) < 4.78 is 1.37. The highest BCUT2D eigenvalue weighted by Gasteiger charge is 2.21. The van der Waals surface area contributed by atoms with Crippen molar-refractivity contribution in [2.45, 2.75) is 13.3 Å². The number of thiophene rings is 1. The van der Waals surface area contributed by atoms with Gasteiger partial charge in [0, 0.05) is 16.7 Å². The molecule has 2 aromatic rings. The molecule has 0 radical (unpaired) electrons. The maximum Gasteiger partial charge on any atom is 0.0345 e. The topological polar surface area (TPSA) is 12.0 Å². The molecule has 0 bridgehead atoms. The van der Waals surface area contributed by atoms with Gasteiger partial charge in [0.2, 0.25) is 0 Å². The fourth-order valence-electron chi connectivity index (χ4n) is 2.22. The fraction of sp³-hybridized carbons (Fsp3) is 0.333. The molecule has 17 heavy (non-hydrogen) atoms. The third-order valence-electron chi connectivity index (χ3n) is 3.23. The second-order valence-corrected chi connectivity index (χ2v) is 5.73. The predicted octanol–water partition coefficient (Wildman–Crippen LogP) is 3.86. The van der Waals surface area contributed by atoms with Gasteiger partial charge in [0.1, 0.15) is 0 Å². The van der Waals surface area contributed by atoms with Crippen molar-refractivity contribution < 1.29 is 0 Å². The van der Waals surface area contributed by atoms with E-state index in [2.05, 4.69) is 54.5 Å². The van der Waals surface area contributed by atoms with Gasteiger partial charge in [-0.05, 0) is 35.9 Å². The molecule has 2 rings (SSSR count). The minimum atomic E-state index is 0.124. The fourth-order valence-corrected chi connectivity index (χ4v) is 3.18. The van der Waals surface area contributed by atoms with Crippen molar-refractivity contribution in [2.24, 2.45) is 5.41 Å². The molecule has 2 heteroatoms. The van der Waals surface area contributed by atoms with Crippen LogP contribution in [0.1, 0.15) is 12.5 Å². The minimum absolute atomic E-state index is 0.124. The van der Waals surface area contributed by atoms with E-state index in [-0.39, 0.29) is 5.41 Å². The number of hydrogen-bond acceptors (Lipinski definition) is 2. The summed E-state index contributed by atoms with van der Waals surface area (Å²) in [6.07, 6.45) is 3.11. The first-order valence-electron chi connectivity index (χ1n) is 5.92. The molecule has 1 heterocycles. The molecule has 0 saturated heterocycles. The van der Waals surface area contributed by atoms with Gasteiger partial charge in [-0.1, -0.05) is 31.2 Å². The van der Waals surface area contributed by atoms with Crippen LogP contribution in [0.15, 0.2) is 42.3 Å². The summed E-state index contributed by atoms with van der Waals surface area (Å²) >= 11 is 1.83. The van der Waals surface area contributed by atoms with Crippen molar-refractivity contribution in [3.63, 3.8) is 0 Å². The Balaban J connectivity index is 2.31. The molecule has 1 N–H and O–H groups in total. The van der Waals surface area contributed by atoms with Crippen LogP contribution in [0, 0.1) is 5.41 Å². The highest BCUT2D eigenvalue weighted by atomic mass is 32.1. The zero-order valence-electron chi connectivity index (χ0n) is 10.5. The van der Waals surface area contributed by atoms with Crippen LogP contribution < -0.4 is 5.32 Å². The Morgan fingerprint density at radius 2 is 2.18 bits per heavy atom. The second-order valence-electron chi connectivity index (χ2n) is 4.82. The van der Waals surface area contributed by atoms with E-state index in [9.17, 15) is 0 Å². The molecule has 0 saturated carbocycles. The van der Waals surface area contributed by atoms with E-state index in [4.69, 9.17) is 0 Å². The lowest BCUT2D eigenvalue weighted by Gasteiger charge is -2.25. The first-order valence-corrected chi connectivity index (χ1v) is 6.80. The lowest BCUT2D eigenvalue weighted by molar-refractivity contribution is 0.408. The number of fused-ring (bicyclic) bond motifs is 1. The summed E-state index contributed by atoms with van der Waals surface area (Å²) in [5, 5.41) is 6.92. The van der Waals surface area contributed by atoms with Crippen molar-refractivity contribution in [1.29, 1.82) is 0 Å². The molecular weight excluding hydrogens is 226 g/mol. The molecule has 0 aliphatic rings. The average molecular weight is 245 g/mol. The highest BCUT2D eigenvalue weighted by Crippen LogP contribution is 2.31. The van der Waals surface area contributed by atoms with Crippen LogP contribution in [0.2, 0.25) is 0 Å². The van der Waals surface area contributed by atoms with Gasteiger partial charge >= 0.3 is 0 Å². The molecular formula is C15H19NS. The summed E-state index contributed by atoms with van der Waals surface area (Å²) in [5.74, 6) is 0. The Morgan fingerprint density at radius 3 is 2.88 bits per heavy atom. The maximum atomic E-state index is 3.98. The van der Waals surface area contributed by atoms with Gasteiger partial charge in [-0.2, -0.15) is 0 Å². The lowest BCUT2D eigenvalue weighted by Crippen LogP contribution is -2.29. The quantitative estimate of drug-likeness (QED) is 0.789. The van der Waals surface area contributed by atoms with Crippen LogP contribution in [-0.4, -0.2) is 13.6 Å². The summed E-state index contributed by atoms with van der Waals surface area (Å²) in [7, 11) is 1.99. The molecule has 90 valence electrons. The van der Waals surface area contributed by atoms with E-state index >= 15 is 0 Å². The van der Waals surface area contributed by atoms with E-state index in [1.807, 2.05) is 18.4 Å². The van der Waals surface area contributed by atoms with Gasteiger partial charge in [-0.3, -0.25) is 0 Å². The largest absolute Gasteiger partial charge is 0.319 e. The van der Waals surface area contributed by atoms with Gasteiger partial charge in [0.05, 0.1) is 0 Å². The van der Waals surface area contributed by atoms with Crippen molar-refractivity contribution in [3.8, 4) is 0 Å². The van der Waals surface area contributed by atoms with E-state index < -0.39 is 0 Å². The number of rotatable bonds is 5. The smallest absolute Gasteiger partial charge is 0.0345 e. The summed E-state index contributed by atoms with van der Waals surface area (Å²) in [6.45, 7) is 7.19. The lowest BCUT2D eigenvalue weighted by atomic mass is 9.83. The average Bonchev–Trinajstić information content (AvgIpc) is 2.73. The predicted molar refractivity (Wildman–Crippen MR) is 77.8 cm³/mol. The third-order valence-corrected chi connectivity index (χ3v) is 4.24. The minimum Gasteiger partial charge on any atom is -0.319 e. The molecule has 0 fully saturated rings. The van der Waals surface area contributed by atoms with Crippen LogP contribution in [0.5, 0.6) is 0 Å². The number of benzene rings is 1. The second kappa shape index (κ2) is 5.03. The normalized spacial score (nSPS) is 14.7. The Labute approximate surface area is 107 Å². The molecule has 0 aliphatic heterocycles. The van der Waals surface area contributed by atoms with Gasteiger partial charge in [-0.15, -0.1) is 17.9 Å². The van der Waals surface area contributed by atoms with Crippen LogP contribution in [-0.2, 0) is 6.42 Å². The first-order chi connectivity index (χ1) is 8.18. The molecule has 0 aliphatic carbocycles. The van der Waals surface area contributed by atoms with Crippen LogP contribution in [0.25, 0.3) is 10.1 Å². The summed E-state index contributed by atoms with van der Waals surface area (Å²) in [6, 6.07) is 8.61. The monoisotopic (exact) mass is 245 g/mol. The summed E-state index contributed by atoms with van der Waals surface area (Å²) in [4.78, 5) is 0. The Kier molecular flexibility index (Phi) is 3.65. The maximum absolute atomic E-state index is 3.98.